The fourth-order valence-electron chi connectivity index (χ4n) is 1.67. The van der Waals surface area contributed by atoms with Crippen LogP contribution in [0.2, 0.25) is 0 Å². The lowest BCUT2D eigenvalue weighted by Gasteiger charge is -2.04. The van der Waals surface area contributed by atoms with Crippen LogP contribution in [0.1, 0.15) is 42.9 Å². The van der Waals surface area contributed by atoms with Gasteiger partial charge in [0.25, 0.3) is 0 Å². The highest BCUT2D eigenvalue weighted by Crippen LogP contribution is 2.08. The Morgan fingerprint density at radius 1 is 1.33 bits per heavy atom. The normalized spacial score (nSPS) is 11.4. The van der Waals surface area contributed by atoms with Crippen molar-refractivity contribution in [1.29, 1.82) is 0 Å². The summed E-state index contributed by atoms with van der Waals surface area (Å²) in [5.41, 5.74) is 1.99. The predicted molar refractivity (Wildman–Crippen MR) is 69.1 cm³/mol. The minimum atomic E-state index is 0.399. The van der Waals surface area contributed by atoms with E-state index in [1.807, 2.05) is 30.8 Å². The van der Waals surface area contributed by atoms with Crippen molar-refractivity contribution in [1.82, 2.24) is 20.1 Å². The van der Waals surface area contributed by atoms with Gasteiger partial charge in [-0.2, -0.15) is 5.10 Å². The zero-order valence-electron chi connectivity index (χ0n) is 11.4. The lowest BCUT2D eigenvalue weighted by molar-refractivity contribution is 0.446. The monoisotopic (exact) mass is 248 g/mol. The minimum absolute atomic E-state index is 0.399. The molecule has 0 spiro atoms. The molecule has 1 N–H and O–H groups in total. The molecule has 98 valence electrons. The first-order chi connectivity index (χ1) is 8.56. The van der Waals surface area contributed by atoms with Gasteiger partial charge in [0, 0.05) is 18.8 Å². The molecule has 2 aromatic rings. The Bertz CT molecular complexity index is 493. The molecule has 2 heterocycles. The fraction of sp³-hybridized carbons (Fsp3) is 0.538. The Hall–Kier alpha value is -1.62. The largest absolute Gasteiger partial charge is 0.444 e. The second-order valence-corrected chi connectivity index (χ2v) is 4.73. The van der Waals surface area contributed by atoms with E-state index in [2.05, 4.69) is 29.2 Å². The molecule has 0 atom stereocenters. The van der Waals surface area contributed by atoms with Crippen molar-refractivity contribution < 1.29 is 4.42 Å². The van der Waals surface area contributed by atoms with Crippen LogP contribution in [0, 0.1) is 13.8 Å². The molecular formula is C13H20N4O. The summed E-state index contributed by atoms with van der Waals surface area (Å²) in [5, 5.41) is 7.75. The van der Waals surface area contributed by atoms with Crippen molar-refractivity contribution in [3.05, 3.63) is 35.3 Å². The molecular weight excluding hydrogens is 228 g/mol. The highest BCUT2D eigenvalue weighted by molar-refractivity contribution is 5.05. The molecule has 0 aliphatic carbocycles. The van der Waals surface area contributed by atoms with Crippen molar-refractivity contribution in [2.45, 2.75) is 46.8 Å². The van der Waals surface area contributed by atoms with Gasteiger partial charge in [0.1, 0.15) is 5.76 Å². The van der Waals surface area contributed by atoms with Crippen LogP contribution in [0.25, 0.3) is 0 Å². The maximum absolute atomic E-state index is 5.50. The molecule has 0 aliphatic heterocycles. The molecule has 0 aliphatic rings. The molecule has 0 bridgehead atoms. The van der Waals surface area contributed by atoms with Crippen LogP contribution in [-0.4, -0.2) is 14.8 Å². The van der Waals surface area contributed by atoms with E-state index in [0.717, 1.165) is 29.6 Å². The van der Waals surface area contributed by atoms with Gasteiger partial charge in [-0.3, -0.25) is 4.68 Å². The second-order valence-electron chi connectivity index (χ2n) is 4.73. The average molecular weight is 248 g/mol. The molecule has 0 fully saturated rings. The summed E-state index contributed by atoms with van der Waals surface area (Å²) >= 11 is 0. The zero-order chi connectivity index (χ0) is 13.1. The number of hydrogen-bond donors (Lipinski definition) is 1. The summed E-state index contributed by atoms with van der Waals surface area (Å²) < 4.78 is 7.45. The quantitative estimate of drug-likeness (QED) is 0.882. The van der Waals surface area contributed by atoms with Crippen LogP contribution in [0.15, 0.2) is 16.7 Å². The van der Waals surface area contributed by atoms with E-state index < -0.39 is 0 Å². The van der Waals surface area contributed by atoms with E-state index in [9.17, 15) is 0 Å². The molecule has 0 amide bonds. The van der Waals surface area contributed by atoms with E-state index in [1.54, 1.807) is 0 Å². The number of rotatable bonds is 5. The minimum Gasteiger partial charge on any atom is -0.444 e. The van der Waals surface area contributed by atoms with Crippen LogP contribution < -0.4 is 5.32 Å². The van der Waals surface area contributed by atoms with Gasteiger partial charge in [0.15, 0.2) is 0 Å². The van der Waals surface area contributed by atoms with Gasteiger partial charge in [-0.1, -0.05) is 0 Å². The third-order valence-corrected chi connectivity index (χ3v) is 2.85. The zero-order valence-corrected chi connectivity index (χ0v) is 11.4. The molecule has 2 aromatic heterocycles. The number of aromatic nitrogens is 3. The molecule has 0 aromatic carbocycles. The first kappa shape index (κ1) is 12.8. The highest BCUT2D eigenvalue weighted by atomic mass is 16.4. The number of aryl methyl sites for hydroxylation is 2. The van der Waals surface area contributed by atoms with E-state index in [1.165, 1.54) is 0 Å². The van der Waals surface area contributed by atoms with E-state index >= 15 is 0 Å². The molecule has 0 unspecified atom stereocenters. The van der Waals surface area contributed by atoms with E-state index in [0.29, 0.717) is 12.6 Å². The van der Waals surface area contributed by atoms with Crippen LogP contribution in [-0.2, 0) is 13.1 Å². The maximum Gasteiger partial charge on any atom is 0.208 e. The maximum atomic E-state index is 5.50. The van der Waals surface area contributed by atoms with Crippen LogP contribution >= 0.6 is 0 Å². The van der Waals surface area contributed by atoms with Crippen molar-refractivity contribution in [3.63, 3.8) is 0 Å². The number of oxazole rings is 1. The molecule has 0 saturated carbocycles. The van der Waals surface area contributed by atoms with Gasteiger partial charge in [-0.15, -0.1) is 0 Å². The summed E-state index contributed by atoms with van der Waals surface area (Å²) in [5.74, 6) is 1.61. The number of nitrogens with zero attached hydrogens (tertiary/aromatic N) is 3. The smallest absolute Gasteiger partial charge is 0.208 e. The lowest BCUT2D eigenvalue weighted by Crippen LogP contribution is -2.14. The topological polar surface area (TPSA) is 55.9 Å². The summed E-state index contributed by atoms with van der Waals surface area (Å²) in [6.07, 6.45) is 2.00. The first-order valence-corrected chi connectivity index (χ1v) is 6.24. The summed E-state index contributed by atoms with van der Waals surface area (Å²) in [4.78, 5) is 4.32. The molecule has 0 saturated heterocycles. The van der Waals surface area contributed by atoms with Gasteiger partial charge in [0.05, 0.1) is 17.9 Å². The lowest BCUT2D eigenvalue weighted by atomic mass is 10.4. The Morgan fingerprint density at radius 3 is 2.67 bits per heavy atom. The van der Waals surface area contributed by atoms with Crippen molar-refractivity contribution >= 4 is 0 Å². The summed E-state index contributed by atoms with van der Waals surface area (Å²) in [7, 11) is 0. The van der Waals surface area contributed by atoms with Gasteiger partial charge < -0.3 is 9.73 Å². The Morgan fingerprint density at radius 2 is 2.11 bits per heavy atom. The van der Waals surface area contributed by atoms with Gasteiger partial charge in [-0.25, -0.2) is 4.98 Å². The van der Waals surface area contributed by atoms with Crippen molar-refractivity contribution in [2.24, 2.45) is 0 Å². The second kappa shape index (κ2) is 5.35. The number of nitrogens with one attached hydrogen (secondary N) is 1. The fourth-order valence-corrected chi connectivity index (χ4v) is 1.67. The van der Waals surface area contributed by atoms with Gasteiger partial charge in [0.2, 0.25) is 5.89 Å². The van der Waals surface area contributed by atoms with E-state index in [-0.39, 0.29) is 0 Å². The Labute approximate surface area is 107 Å². The average Bonchev–Trinajstić information content (AvgIpc) is 2.88. The van der Waals surface area contributed by atoms with Gasteiger partial charge in [-0.05, 0) is 33.8 Å². The molecule has 18 heavy (non-hydrogen) atoms. The van der Waals surface area contributed by atoms with Gasteiger partial charge >= 0.3 is 0 Å². The third kappa shape index (κ3) is 2.98. The van der Waals surface area contributed by atoms with Crippen molar-refractivity contribution in [3.8, 4) is 0 Å². The summed E-state index contributed by atoms with van der Waals surface area (Å²) in [6.45, 7) is 9.46. The SMILES string of the molecule is Cc1nc(CNCc2ccn(C(C)C)n2)oc1C. The Kier molecular flexibility index (Phi) is 3.81. The standard InChI is InChI=1S/C13H20N4O/c1-9(2)17-6-5-12(16-17)7-14-8-13-15-10(3)11(4)18-13/h5-6,9,14H,7-8H2,1-4H3. The van der Waals surface area contributed by atoms with E-state index in [4.69, 9.17) is 4.42 Å². The van der Waals surface area contributed by atoms with Crippen LogP contribution in [0.5, 0.6) is 0 Å². The number of hydrogen-bond acceptors (Lipinski definition) is 4. The predicted octanol–water partition coefficient (Wildman–Crippen LogP) is 2.36. The molecule has 5 nitrogen and oxygen atoms in total. The Balaban J connectivity index is 1.84. The highest BCUT2D eigenvalue weighted by Gasteiger charge is 2.06. The van der Waals surface area contributed by atoms with Crippen molar-refractivity contribution in [2.75, 3.05) is 0 Å². The van der Waals surface area contributed by atoms with Crippen LogP contribution in [0.3, 0.4) is 0 Å². The molecule has 2 rings (SSSR count). The first-order valence-electron chi connectivity index (χ1n) is 6.24. The van der Waals surface area contributed by atoms with Crippen LogP contribution in [0.4, 0.5) is 0 Å². The molecule has 5 heteroatoms. The third-order valence-electron chi connectivity index (χ3n) is 2.85. The molecule has 0 radical (unpaired) electrons. The summed E-state index contributed by atoms with van der Waals surface area (Å²) in [6, 6.07) is 2.43.